The van der Waals surface area contributed by atoms with Gasteiger partial charge >= 0.3 is 0 Å². The van der Waals surface area contributed by atoms with Crippen molar-refractivity contribution in [2.45, 2.75) is 49.7 Å². The molecule has 0 bridgehead atoms. The molecular formula is C16H21N5OS. The number of nitrogens with zero attached hydrogens (tertiary/aromatic N) is 4. The molecule has 1 aliphatic carbocycles. The molecule has 1 N–H and O–H groups in total. The van der Waals surface area contributed by atoms with Crippen LogP contribution >= 0.6 is 11.8 Å². The first-order chi connectivity index (χ1) is 11.3. The van der Waals surface area contributed by atoms with E-state index >= 15 is 0 Å². The Hall–Kier alpha value is -1.89. The van der Waals surface area contributed by atoms with Crippen LogP contribution in [0, 0.1) is 0 Å². The molecule has 0 unspecified atom stereocenters. The number of para-hydroxylation sites is 1. The third-order valence-electron chi connectivity index (χ3n) is 3.97. The molecule has 23 heavy (non-hydrogen) atoms. The molecule has 3 rings (SSSR count). The summed E-state index contributed by atoms with van der Waals surface area (Å²) in [5.41, 5.74) is 0.923. The number of hydrogen-bond acceptors (Lipinski definition) is 5. The van der Waals surface area contributed by atoms with Gasteiger partial charge in [0.05, 0.1) is 5.69 Å². The van der Waals surface area contributed by atoms with E-state index in [1.165, 1.54) is 31.0 Å². The summed E-state index contributed by atoms with van der Waals surface area (Å²) in [4.78, 5) is 12.0. The van der Waals surface area contributed by atoms with Gasteiger partial charge in [-0.15, -0.1) is 5.10 Å². The molecule has 0 atom stereocenters. The Labute approximate surface area is 140 Å². The molecule has 0 radical (unpaired) electrons. The number of carbonyl (C=O) groups is 1. The van der Waals surface area contributed by atoms with Crippen molar-refractivity contribution in [2.24, 2.45) is 0 Å². The van der Waals surface area contributed by atoms with E-state index in [1.807, 2.05) is 30.3 Å². The average molecular weight is 331 g/mol. The molecule has 2 aromatic rings. The SMILES string of the molecule is O=C(CCSc1nnnn1-c1ccccc1)NC1CCCCC1. The van der Waals surface area contributed by atoms with Crippen LogP contribution in [0.2, 0.25) is 0 Å². The maximum atomic E-state index is 12.0. The number of thioether (sulfide) groups is 1. The van der Waals surface area contributed by atoms with Crippen LogP contribution in [-0.2, 0) is 4.79 Å². The molecule has 1 aliphatic rings. The minimum Gasteiger partial charge on any atom is -0.353 e. The van der Waals surface area contributed by atoms with Crippen molar-refractivity contribution in [2.75, 3.05) is 5.75 Å². The number of nitrogens with one attached hydrogen (secondary N) is 1. The van der Waals surface area contributed by atoms with Gasteiger partial charge in [0.1, 0.15) is 0 Å². The minimum absolute atomic E-state index is 0.128. The fourth-order valence-corrected chi connectivity index (χ4v) is 3.61. The maximum Gasteiger partial charge on any atom is 0.221 e. The number of hydrogen-bond donors (Lipinski definition) is 1. The van der Waals surface area contributed by atoms with Gasteiger partial charge in [-0.2, -0.15) is 4.68 Å². The van der Waals surface area contributed by atoms with Gasteiger partial charge in [-0.05, 0) is 35.4 Å². The van der Waals surface area contributed by atoms with Gasteiger partial charge < -0.3 is 5.32 Å². The molecule has 122 valence electrons. The lowest BCUT2D eigenvalue weighted by atomic mass is 9.95. The molecule has 1 heterocycles. The largest absolute Gasteiger partial charge is 0.353 e. The molecular weight excluding hydrogens is 310 g/mol. The van der Waals surface area contributed by atoms with Gasteiger partial charge in [-0.3, -0.25) is 4.79 Å². The van der Waals surface area contributed by atoms with Gasteiger partial charge in [0, 0.05) is 18.2 Å². The quantitative estimate of drug-likeness (QED) is 0.824. The van der Waals surface area contributed by atoms with Crippen LogP contribution in [0.5, 0.6) is 0 Å². The Morgan fingerprint density at radius 1 is 1.22 bits per heavy atom. The predicted molar refractivity (Wildman–Crippen MR) is 89.5 cm³/mol. The van der Waals surface area contributed by atoms with Crippen molar-refractivity contribution in [1.82, 2.24) is 25.5 Å². The number of tetrazole rings is 1. The zero-order valence-corrected chi connectivity index (χ0v) is 13.8. The lowest BCUT2D eigenvalue weighted by Gasteiger charge is -2.22. The molecule has 1 aromatic heterocycles. The number of rotatable bonds is 6. The van der Waals surface area contributed by atoms with E-state index in [2.05, 4.69) is 20.8 Å². The second-order valence-electron chi connectivity index (χ2n) is 5.71. The van der Waals surface area contributed by atoms with Crippen LogP contribution in [0.4, 0.5) is 0 Å². The Kier molecular flexibility index (Phi) is 5.63. The lowest BCUT2D eigenvalue weighted by Crippen LogP contribution is -2.36. The van der Waals surface area contributed by atoms with Crippen LogP contribution in [0.1, 0.15) is 38.5 Å². The van der Waals surface area contributed by atoms with E-state index in [1.54, 1.807) is 4.68 Å². The van der Waals surface area contributed by atoms with Crippen molar-refractivity contribution in [1.29, 1.82) is 0 Å². The highest BCUT2D eigenvalue weighted by Gasteiger charge is 2.16. The first kappa shape index (κ1) is 16.0. The molecule has 1 amide bonds. The number of aromatic nitrogens is 4. The van der Waals surface area contributed by atoms with Gasteiger partial charge in [0.25, 0.3) is 0 Å². The third kappa shape index (κ3) is 4.54. The van der Waals surface area contributed by atoms with E-state index in [4.69, 9.17) is 0 Å². The molecule has 0 aliphatic heterocycles. The lowest BCUT2D eigenvalue weighted by molar-refractivity contribution is -0.121. The van der Waals surface area contributed by atoms with Crippen LogP contribution in [0.25, 0.3) is 5.69 Å². The fraction of sp³-hybridized carbons (Fsp3) is 0.500. The van der Waals surface area contributed by atoms with Crippen molar-refractivity contribution in [3.63, 3.8) is 0 Å². The van der Waals surface area contributed by atoms with E-state index in [-0.39, 0.29) is 5.91 Å². The molecule has 0 saturated heterocycles. The summed E-state index contributed by atoms with van der Waals surface area (Å²) < 4.78 is 1.70. The predicted octanol–water partition coefficient (Wildman–Crippen LogP) is 2.59. The molecule has 1 fully saturated rings. The molecule has 0 spiro atoms. The monoisotopic (exact) mass is 331 g/mol. The van der Waals surface area contributed by atoms with Gasteiger partial charge in [-0.1, -0.05) is 49.2 Å². The highest BCUT2D eigenvalue weighted by Crippen LogP contribution is 2.20. The summed E-state index contributed by atoms with van der Waals surface area (Å²) in [5.74, 6) is 0.800. The topological polar surface area (TPSA) is 72.7 Å². The van der Waals surface area contributed by atoms with Crippen LogP contribution < -0.4 is 5.32 Å². The zero-order chi connectivity index (χ0) is 15.9. The van der Waals surface area contributed by atoms with Crippen molar-refractivity contribution < 1.29 is 4.79 Å². The molecule has 7 heteroatoms. The molecule has 6 nitrogen and oxygen atoms in total. The summed E-state index contributed by atoms with van der Waals surface area (Å²) in [5, 5.41) is 15.6. The van der Waals surface area contributed by atoms with Crippen LogP contribution in [0.3, 0.4) is 0 Å². The Bertz CT molecular complexity index is 624. The highest BCUT2D eigenvalue weighted by molar-refractivity contribution is 7.99. The second kappa shape index (κ2) is 8.10. The fourth-order valence-electron chi connectivity index (χ4n) is 2.78. The van der Waals surface area contributed by atoms with E-state index < -0.39 is 0 Å². The molecule has 1 aromatic carbocycles. The highest BCUT2D eigenvalue weighted by atomic mass is 32.2. The van der Waals surface area contributed by atoms with Crippen molar-refractivity contribution in [3.05, 3.63) is 30.3 Å². The first-order valence-corrected chi connectivity index (χ1v) is 9.07. The van der Waals surface area contributed by atoms with Crippen LogP contribution in [0.15, 0.2) is 35.5 Å². The summed E-state index contributed by atoms with van der Waals surface area (Å²) in [6.07, 6.45) is 6.47. The summed E-state index contributed by atoms with van der Waals surface area (Å²) in [6, 6.07) is 10.1. The number of carbonyl (C=O) groups excluding carboxylic acids is 1. The van der Waals surface area contributed by atoms with Gasteiger partial charge in [0.15, 0.2) is 0 Å². The second-order valence-corrected chi connectivity index (χ2v) is 6.77. The van der Waals surface area contributed by atoms with E-state index in [0.29, 0.717) is 23.4 Å². The molecule has 1 saturated carbocycles. The van der Waals surface area contributed by atoms with E-state index in [0.717, 1.165) is 18.5 Å². The Morgan fingerprint density at radius 2 is 2.00 bits per heavy atom. The normalized spacial score (nSPS) is 15.5. The Balaban J connectivity index is 1.47. The summed E-state index contributed by atoms with van der Waals surface area (Å²) >= 11 is 1.50. The number of amides is 1. The van der Waals surface area contributed by atoms with Gasteiger partial charge in [-0.25, -0.2) is 0 Å². The number of benzene rings is 1. The third-order valence-corrected chi connectivity index (χ3v) is 4.89. The minimum atomic E-state index is 0.128. The van der Waals surface area contributed by atoms with E-state index in [9.17, 15) is 4.79 Å². The summed E-state index contributed by atoms with van der Waals surface area (Å²) in [6.45, 7) is 0. The standard InChI is InChI=1S/C16H21N5OS/c22-15(17-13-7-3-1-4-8-13)11-12-23-16-18-19-20-21(16)14-9-5-2-6-10-14/h2,5-6,9-10,13H,1,3-4,7-8,11-12H2,(H,17,22). The zero-order valence-electron chi connectivity index (χ0n) is 13.0. The average Bonchev–Trinajstić information content (AvgIpc) is 3.05. The Morgan fingerprint density at radius 3 is 2.78 bits per heavy atom. The maximum absolute atomic E-state index is 12.0. The summed E-state index contributed by atoms with van der Waals surface area (Å²) in [7, 11) is 0. The van der Waals surface area contributed by atoms with Crippen molar-refractivity contribution in [3.8, 4) is 5.69 Å². The smallest absolute Gasteiger partial charge is 0.221 e. The first-order valence-electron chi connectivity index (χ1n) is 8.09. The van der Waals surface area contributed by atoms with Crippen molar-refractivity contribution >= 4 is 17.7 Å². The van der Waals surface area contributed by atoms with Gasteiger partial charge in [0.2, 0.25) is 11.1 Å². The van der Waals surface area contributed by atoms with Crippen LogP contribution in [-0.4, -0.2) is 37.9 Å².